The average molecular weight is 245 g/mol. The zero-order chi connectivity index (χ0) is 12.4. The molecule has 0 aromatic carbocycles. The molecule has 0 radical (unpaired) electrons. The molecule has 5 heteroatoms. The molecule has 1 aliphatic carbocycles. The van der Waals surface area contributed by atoms with E-state index in [-0.39, 0.29) is 12.0 Å². The molecule has 0 aliphatic heterocycles. The summed E-state index contributed by atoms with van der Waals surface area (Å²) in [5, 5.41) is 0. The number of ether oxygens (including phenoxy) is 1. The van der Waals surface area contributed by atoms with Crippen LogP contribution in [0.3, 0.4) is 0 Å². The van der Waals surface area contributed by atoms with Crippen molar-refractivity contribution >= 4 is 0 Å². The van der Waals surface area contributed by atoms with Gasteiger partial charge in [-0.1, -0.05) is 13.3 Å². The first kappa shape index (κ1) is 12.2. The molecule has 1 aliphatic rings. The Hall–Kier alpha value is -1.26. The zero-order valence-electron chi connectivity index (χ0n) is 9.55. The summed E-state index contributed by atoms with van der Waals surface area (Å²) in [6.07, 6.45) is 3.74. The van der Waals surface area contributed by atoms with Gasteiger partial charge in [0.2, 0.25) is 0 Å². The Kier molecular flexibility index (Phi) is 3.54. The maximum atomic E-state index is 13.3. The summed E-state index contributed by atoms with van der Waals surface area (Å²) in [6, 6.07) is 0.463. The van der Waals surface area contributed by atoms with E-state index in [0.29, 0.717) is 6.07 Å². The molecule has 2 rings (SSSR count). The zero-order valence-corrected chi connectivity index (χ0v) is 9.55. The number of pyridine rings is 1. The van der Waals surface area contributed by atoms with E-state index in [0.717, 1.165) is 25.7 Å². The highest BCUT2D eigenvalue weighted by atomic mass is 19.2. The normalized spacial score (nSPS) is 24.7. The molecule has 1 saturated carbocycles. The van der Waals surface area contributed by atoms with Gasteiger partial charge in [-0.05, 0) is 25.2 Å². The van der Waals surface area contributed by atoms with Crippen LogP contribution in [0.25, 0.3) is 0 Å². The minimum atomic E-state index is -1.33. The second kappa shape index (κ2) is 4.94. The molecule has 0 amide bonds. The van der Waals surface area contributed by atoms with Crippen molar-refractivity contribution in [3.63, 3.8) is 0 Å². The van der Waals surface area contributed by atoms with Gasteiger partial charge in [-0.15, -0.1) is 0 Å². The number of nitrogens with zero attached hydrogens (tertiary/aromatic N) is 1. The molecule has 94 valence electrons. The summed E-state index contributed by atoms with van der Waals surface area (Å²) < 4.78 is 44.2. The summed E-state index contributed by atoms with van der Waals surface area (Å²) in [7, 11) is 0. The fourth-order valence-electron chi connectivity index (χ4n) is 2.11. The van der Waals surface area contributed by atoms with Crippen LogP contribution in [-0.4, -0.2) is 11.1 Å². The predicted octanol–water partition coefficient (Wildman–Crippen LogP) is 3.46. The van der Waals surface area contributed by atoms with E-state index >= 15 is 0 Å². The predicted molar refractivity (Wildman–Crippen MR) is 56.2 cm³/mol. The van der Waals surface area contributed by atoms with Crippen molar-refractivity contribution in [2.45, 2.75) is 38.7 Å². The van der Waals surface area contributed by atoms with E-state index in [9.17, 15) is 13.2 Å². The van der Waals surface area contributed by atoms with E-state index in [1.165, 1.54) is 0 Å². The maximum absolute atomic E-state index is 13.3. The summed E-state index contributed by atoms with van der Waals surface area (Å²) in [4.78, 5) is 3.16. The van der Waals surface area contributed by atoms with Gasteiger partial charge >= 0.3 is 0 Å². The SMILES string of the molecule is CC1CCCCC1Oc1nc(F)c(F)cc1F. The highest BCUT2D eigenvalue weighted by Crippen LogP contribution is 2.28. The second-order valence-electron chi connectivity index (χ2n) is 4.47. The first-order chi connectivity index (χ1) is 8.08. The Morgan fingerprint density at radius 2 is 1.88 bits per heavy atom. The van der Waals surface area contributed by atoms with Gasteiger partial charge in [0.1, 0.15) is 6.10 Å². The molecule has 0 N–H and O–H groups in total. The fraction of sp³-hybridized carbons (Fsp3) is 0.583. The van der Waals surface area contributed by atoms with Crippen LogP contribution in [0, 0.1) is 23.5 Å². The second-order valence-corrected chi connectivity index (χ2v) is 4.47. The van der Waals surface area contributed by atoms with Crippen molar-refractivity contribution in [3.05, 3.63) is 23.6 Å². The highest BCUT2D eigenvalue weighted by Gasteiger charge is 2.25. The number of aromatic nitrogens is 1. The Morgan fingerprint density at radius 1 is 1.18 bits per heavy atom. The Labute approximate surface area is 97.8 Å². The van der Waals surface area contributed by atoms with Crippen LogP contribution in [0.15, 0.2) is 6.07 Å². The van der Waals surface area contributed by atoms with Gasteiger partial charge in [0, 0.05) is 6.07 Å². The Bertz CT molecular complexity index is 411. The van der Waals surface area contributed by atoms with Crippen LogP contribution < -0.4 is 4.74 Å². The van der Waals surface area contributed by atoms with Crippen LogP contribution in [0.2, 0.25) is 0 Å². The summed E-state index contributed by atoms with van der Waals surface area (Å²) in [5.41, 5.74) is 0. The van der Waals surface area contributed by atoms with Crippen molar-refractivity contribution in [1.82, 2.24) is 4.98 Å². The topological polar surface area (TPSA) is 22.1 Å². The lowest BCUT2D eigenvalue weighted by Crippen LogP contribution is -2.29. The van der Waals surface area contributed by atoms with Gasteiger partial charge in [0.25, 0.3) is 11.8 Å². The lowest BCUT2D eigenvalue weighted by molar-refractivity contribution is 0.0911. The van der Waals surface area contributed by atoms with Crippen LogP contribution in [0.5, 0.6) is 5.88 Å². The monoisotopic (exact) mass is 245 g/mol. The van der Waals surface area contributed by atoms with E-state index < -0.39 is 23.5 Å². The van der Waals surface area contributed by atoms with Crippen molar-refractivity contribution < 1.29 is 17.9 Å². The number of halogens is 3. The molecule has 1 aromatic rings. The maximum Gasteiger partial charge on any atom is 0.253 e. The molecular formula is C12H14F3NO. The fourth-order valence-corrected chi connectivity index (χ4v) is 2.11. The van der Waals surface area contributed by atoms with Crippen molar-refractivity contribution in [2.24, 2.45) is 5.92 Å². The molecule has 0 spiro atoms. The smallest absolute Gasteiger partial charge is 0.253 e. The molecule has 1 fully saturated rings. The number of hydrogen-bond acceptors (Lipinski definition) is 2. The molecule has 2 atom stereocenters. The van der Waals surface area contributed by atoms with Gasteiger partial charge in [-0.25, -0.2) is 8.78 Å². The first-order valence-corrected chi connectivity index (χ1v) is 5.76. The Balaban J connectivity index is 2.15. The van der Waals surface area contributed by atoms with Crippen molar-refractivity contribution in [2.75, 3.05) is 0 Å². The summed E-state index contributed by atoms with van der Waals surface area (Å²) in [6.45, 7) is 2.00. The largest absolute Gasteiger partial charge is 0.472 e. The summed E-state index contributed by atoms with van der Waals surface area (Å²) in [5.74, 6) is -3.75. The van der Waals surface area contributed by atoms with E-state index in [2.05, 4.69) is 4.98 Å². The number of hydrogen-bond donors (Lipinski definition) is 0. The van der Waals surface area contributed by atoms with Crippen LogP contribution >= 0.6 is 0 Å². The Morgan fingerprint density at radius 3 is 2.59 bits per heavy atom. The molecule has 0 saturated heterocycles. The molecule has 17 heavy (non-hydrogen) atoms. The first-order valence-electron chi connectivity index (χ1n) is 5.76. The molecular weight excluding hydrogens is 231 g/mol. The van der Waals surface area contributed by atoms with Gasteiger partial charge < -0.3 is 4.74 Å². The average Bonchev–Trinajstić information content (AvgIpc) is 2.29. The lowest BCUT2D eigenvalue weighted by atomic mass is 9.88. The number of rotatable bonds is 2. The van der Waals surface area contributed by atoms with Crippen LogP contribution in [-0.2, 0) is 0 Å². The van der Waals surface area contributed by atoms with Crippen molar-refractivity contribution in [3.8, 4) is 5.88 Å². The molecule has 1 aromatic heterocycles. The third-order valence-electron chi connectivity index (χ3n) is 3.15. The van der Waals surface area contributed by atoms with E-state index in [1.54, 1.807) is 0 Å². The molecule has 1 heterocycles. The van der Waals surface area contributed by atoms with E-state index in [4.69, 9.17) is 4.74 Å². The molecule has 0 bridgehead atoms. The van der Waals surface area contributed by atoms with Crippen LogP contribution in [0.4, 0.5) is 13.2 Å². The van der Waals surface area contributed by atoms with E-state index in [1.807, 2.05) is 6.92 Å². The van der Waals surface area contributed by atoms with Crippen LogP contribution in [0.1, 0.15) is 32.6 Å². The lowest BCUT2D eigenvalue weighted by Gasteiger charge is -2.28. The van der Waals surface area contributed by atoms with Crippen molar-refractivity contribution in [1.29, 1.82) is 0 Å². The van der Waals surface area contributed by atoms with Gasteiger partial charge in [-0.2, -0.15) is 9.37 Å². The van der Waals surface area contributed by atoms with Gasteiger partial charge in [0.05, 0.1) is 0 Å². The highest BCUT2D eigenvalue weighted by molar-refractivity contribution is 5.15. The standard InChI is InChI=1S/C12H14F3NO/c1-7-4-2-3-5-10(7)17-12-9(14)6-8(13)11(15)16-12/h6-7,10H,2-5H2,1H3. The molecule has 2 unspecified atom stereocenters. The quantitative estimate of drug-likeness (QED) is 0.744. The third-order valence-corrected chi connectivity index (χ3v) is 3.15. The molecule has 2 nitrogen and oxygen atoms in total. The minimum absolute atomic E-state index is 0.171. The van der Waals surface area contributed by atoms with Gasteiger partial charge in [0.15, 0.2) is 11.6 Å². The minimum Gasteiger partial charge on any atom is -0.472 e. The summed E-state index contributed by atoms with van der Waals surface area (Å²) >= 11 is 0. The van der Waals surface area contributed by atoms with Gasteiger partial charge in [-0.3, -0.25) is 0 Å². The third kappa shape index (κ3) is 2.70.